The molecule has 2 rings (SSSR count). The van der Waals surface area contributed by atoms with Crippen molar-refractivity contribution >= 4 is 0 Å². The van der Waals surface area contributed by atoms with Crippen LogP contribution in [-0.4, -0.2) is 9.97 Å². The van der Waals surface area contributed by atoms with Gasteiger partial charge in [-0.05, 0) is 19.3 Å². The normalized spacial score (nSPS) is 27.6. The fraction of sp³-hybridized carbons (Fsp3) is 0.562. The Balaban J connectivity index is 2.27. The molecule has 2 unspecified atom stereocenters. The molecule has 1 heterocycles. The van der Waals surface area contributed by atoms with E-state index < -0.39 is 0 Å². The molecule has 0 aliphatic heterocycles. The Labute approximate surface area is 110 Å². The van der Waals surface area contributed by atoms with Gasteiger partial charge in [0, 0.05) is 23.7 Å². The Morgan fingerprint density at radius 2 is 2.22 bits per heavy atom. The van der Waals surface area contributed by atoms with Gasteiger partial charge in [0.1, 0.15) is 5.82 Å². The molecule has 0 bridgehead atoms. The fourth-order valence-corrected chi connectivity index (χ4v) is 2.74. The maximum atomic E-state index is 4.46. The third-order valence-electron chi connectivity index (χ3n) is 4.29. The average molecular weight is 244 g/mol. The maximum absolute atomic E-state index is 4.46. The zero-order valence-electron chi connectivity index (χ0n) is 11.9. The molecule has 2 atom stereocenters. The van der Waals surface area contributed by atoms with Crippen molar-refractivity contribution in [3.05, 3.63) is 42.0 Å². The number of allylic oxidation sites excluding steroid dienone is 4. The van der Waals surface area contributed by atoms with Crippen LogP contribution in [0, 0.1) is 11.3 Å². The van der Waals surface area contributed by atoms with E-state index in [1.165, 1.54) is 18.4 Å². The molecule has 0 saturated carbocycles. The molecule has 0 aromatic carbocycles. The smallest absolute Gasteiger partial charge is 0.113 e. The minimum atomic E-state index is 0.191. The first-order chi connectivity index (χ1) is 8.54. The summed E-state index contributed by atoms with van der Waals surface area (Å²) in [7, 11) is 0. The van der Waals surface area contributed by atoms with Crippen LogP contribution in [0.15, 0.2) is 36.2 Å². The van der Waals surface area contributed by atoms with Crippen LogP contribution in [0.2, 0.25) is 0 Å². The third kappa shape index (κ3) is 2.43. The van der Waals surface area contributed by atoms with Crippen molar-refractivity contribution in [2.75, 3.05) is 0 Å². The summed E-state index contributed by atoms with van der Waals surface area (Å²) in [5, 5.41) is 0. The van der Waals surface area contributed by atoms with Crippen LogP contribution < -0.4 is 0 Å². The molecule has 18 heavy (non-hydrogen) atoms. The van der Waals surface area contributed by atoms with E-state index in [1.54, 1.807) is 0 Å². The van der Waals surface area contributed by atoms with Gasteiger partial charge in [-0.15, -0.1) is 0 Å². The summed E-state index contributed by atoms with van der Waals surface area (Å²) >= 11 is 0. The topological polar surface area (TPSA) is 28.7 Å². The summed E-state index contributed by atoms with van der Waals surface area (Å²) in [5.41, 5.74) is 1.66. The Morgan fingerprint density at radius 1 is 1.44 bits per heavy atom. The van der Waals surface area contributed by atoms with Crippen LogP contribution in [0.1, 0.15) is 52.3 Å². The van der Waals surface area contributed by atoms with Gasteiger partial charge in [0.2, 0.25) is 0 Å². The zero-order valence-corrected chi connectivity index (χ0v) is 11.9. The van der Waals surface area contributed by atoms with Crippen LogP contribution in [0.5, 0.6) is 0 Å². The molecule has 1 N–H and O–H groups in total. The number of nitrogens with one attached hydrogen (secondary N) is 1. The van der Waals surface area contributed by atoms with E-state index in [1.807, 2.05) is 12.4 Å². The monoisotopic (exact) mass is 244 g/mol. The predicted molar refractivity (Wildman–Crippen MR) is 76.4 cm³/mol. The molecule has 1 aromatic heterocycles. The van der Waals surface area contributed by atoms with Crippen molar-refractivity contribution in [2.24, 2.45) is 11.3 Å². The van der Waals surface area contributed by atoms with Crippen LogP contribution >= 0.6 is 0 Å². The molecule has 0 fully saturated rings. The van der Waals surface area contributed by atoms with Gasteiger partial charge in [-0.2, -0.15) is 0 Å². The Hall–Kier alpha value is -1.31. The van der Waals surface area contributed by atoms with Crippen molar-refractivity contribution in [3.8, 4) is 0 Å². The standard InChI is InChI=1S/C16H24N2/c1-12(2)8-9-16(4)13(3)6-5-7-14(16)15-17-10-11-18-15/h5-7,10-12,14H,8-9H2,1-4H3,(H,17,18). The summed E-state index contributed by atoms with van der Waals surface area (Å²) in [5.74, 6) is 2.21. The van der Waals surface area contributed by atoms with E-state index in [9.17, 15) is 0 Å². The average Bonchev–Trinajstić information content (AvgIpc) is 2.84. The lowest BCUT2D eigenvalue weighted by Crippen LogP contribution is -2.29. The second kappa shape index (κ2) is 5.13. The van der Waals surface area contributed by atoms with Gasteiger partial charge in [0.25, 0.3) is 0 Å². The predicted octanol–water partition coefficient (Wildman–Crippen LogP) is 4.45. The summed E-state index contributed by atoms with van der Waals surface area (Å²) in [4.78, 5) is 7.74. The number of H-pyrrole nitrogens is 1. The fourth-order valence-electron chi connectivity index (χ4n) is 2.74. The van der Waals surface area contributed by atoms with Crippen LogP contribution in [-0.2, 0) is 0 Å². The number of aromatic nitrogens is 2. The second-order valence-corrected chi connectivity index (χ2v) is 6.04. The molecule has 0 radical (unpaired) electrons. The number of hydrogen-bond donors (Lipinski definition) is 1. The maximum Gasteiger partial charge on any atom is 0.113 e. The molecular weight excluding hydrogens is 220 g/mol. The SMILES string of the molecule is CC1=CC=CC(c2ncc[nH]2)C1(C)CCC(C)C. The van der Waals surface area contributed by atoms with E-state index in [4.69, 9.17) is 0 Å². The Kier molecular flexibility index (Phi) is 3.74. The highest BCUT2D eigenvalue weighted by atomic mass is 14.9. The van der Waals surface area contributed by atoms with E-state index in [0.717, 1.165) is 11.7 Å². The van der Waals surface area contributed by atoms with Gasteiger partial charge in [0.15, 0.2) is 0 Å². The molecule has 0 saturated heterocycles. The number of aromatic amines is 1. The molecule has 1 aromatic rings. The van der Waals surface area contributed by atoms with Crippen molar-refractivity contribution in [1.82, 2.24) is 9.97 Å². The van der Waals surface area contributed by atoms with Crippen molar-refractivity contribution < 1.29 is 0 Å². The highest BCUT2D eigenvalue weighted by Crippen LogP contribution is 2.47. The lowest BCUT2D eigenvalue weighted by molar-refractivity contribution is 0.288. The molecule has 2 heteroatoms. The van der Waals surface area contributed by atoms with Gasteiger partial charge in [-0.25, -0.2) is 4.98 Å². The van der Waals surface area contributed by atoms with Gasteiger partial charge in [0.05, 0.1) is 0 Å². The zero-order chi connectivity index (χ0) is 13.2. The second-order valence-electron chi connectivity index (χ2n) is 6.04. The molecule has 2 nitrogen and oxygen atoms in total. The summed E-state index contributed by atoms with van der Waals surface area (Å²) in [6.07, 6.45) is 12.9. The number of hydrogen-bond acceptors (Lipinski definition) is 1. The summed E-state index contributed by atoms with van der Waals surface area (Å²) in [6.45, 7) is 9.21. The van der Waals surface area contributed by atoms with E-state index >= 15 is 0 Å². The van der Waals surface area contributed by atoms with E-state index in [2.05, 4.69) is 55.9 Å². The highest BCUT2D eigenvalue weighted by Gasteiger charge is 2.37. The molecule has 1 aliphatic rings. The number of nitrogens with zero attached hydrogens (tertiary/aromatic N) is 1. The molecule has 0 spiro atoms. The summed E-state index contributed by atoms with van der Waals surface area (Å²) in [6, 6.07) is 0. The minimum Gasteiger partial charge on any atom is -0.348 e. The lowest BCUT2D eigenvalue weighted by Gasteiger charge is -2.39. The molecule has 0 amide bonds. The minimum absolute atomic E-state index is 0.191. The largest absolute Gasteiger partial charge is 0.348 e. The number of imidazole rings is 1. The van der Waals surface area contributed by atoms with Gasteiger partial charge in [-0.3, -0.25) is 0 Å². The lowest BCUT2D eigenvalue weighted by atomic mass is 9.66. The molecule has 98 valence electrons. The van der Waals surface area contributed by atoms with Crippen molar-refractivity contribution in [2.45, 2.75) is 46.5 Å². The highest BCUT2D eigenvalue weighted by molar-refractivity contribution is 5.32. The number of rotatable bonds is 4. The first kappa shape index (κ1) is 13.1. The van der Waals surface area contributed by atoms with Crippen LogP contribution in [0.4, 0.5) is 0 Å². The molecule has 1 aliphatic carbocycles. The van der Waals surface area contributed by atoms with Crippen LogP contribution in [0.25, 0.3) is 0 Å². The van der Waals surface area contributed by atoms with Gasteiger partial charge >= 0.3 is 0 Å². The first-order valence-electron chi connectivity index (χ1n) is 6.89. The molecular formula is C16H24N2. The van der Waals surface area contributed by atoms with Gasteiger partial charge in [-0.1, -0.05) is 51.0 Å². The van der Waals surface area contributed by atoms with Gasteiger partial charge < -0.3 is 4.98 Å². The van der Waals surface area contributed by atoms with Crippen LogP contribution in [0.3, 0.4) is 0 Å². The Morgan fingerprint density at radius 3 is 2.83 bits per heavy atom. The quantitative estimate of drug-likeness (QED) is 0.832. The van der Waals surface area contributed by atoms with E-state index in [-0.39, 0.29) is 5.41 Å². The first-order valence-corrected chi connectivity index (χ1v) is 6.89. The third-order valence-corrected chi connectivity index (χ3v) is 4.29. The van der Waals surface area contributed by atoms with Crippen molar-refractivity contribution in [3.63, 3.8) is 0 Å². The summed E-state index contributed by atoms with van der Waals surface area (Å²) < 4.78 is 0. The van der Waals surface area contributed by atoms with E-state index in [0.29, 0.717) is 5.92 Å². The Bertz CT molecular complexity index is 440. The van der Waals surface area contributed by atoms with Crippen molar-refractivity contribution in [1.29, 1.82) is 0 Å².